The van der Waals surface area contributed by atoms with Gasteiger partial charge in [0.15, 0.2) is 11.6 Å². The van der Waals surface area contributed by atoms with Gasteiger partial charge in [-0.05, 0) is 36.1 Å². The largest absolute Gasteiger partial charge is 0.488 e. The second-order valence-corrected chi connectivity index (χ2v) is 7.64. The molecule has 1 saturated heterocycles. The summed E-state index contributed by atoms with van der Waals surface area (Å²) in [5.74, 6) is -0.650. The first-order valence-electron chi connectivity index (χ1n) is 9.52. The molecule has 0 spiro atoms. The molecule has 1 aliphatic heterocycles. The predicted octanol–water partition coefficient (Wildman–Crippen LogP) is 3.16. The van der Waals surface area contributed by atoms with Crippen molar-refractivity contribution in [2.24, 2.45) is 0 Å². The molecule has 154 valence electrons. The number of benzene rings is 2. The summed E-state index contributed by atoms with van der Waals surface area (Å²) in [5.41, 5.74) is 0.588. The SMILES string of the molecule is CC(C)c1ccc([C@]2(C)NC(=O)N(C[C@@H](O)COc3ccccc3F)C2=O)cc1. The van der Waals surface area contributed by atoms with Gasteiger partial charge in [-0.25, -0.2) is 9.18 Å². The Morgan fingerprint density at radius 1 is 1.14 bits per heavy atom. The van der Waals surface area contributed by atoms with Crippen LogP contribution in [0.5, 0.6) is 5.75 Å². The van der Waals surface area contributed by atoms with Gasteiger partial charge in [-0.2, -0.15) is 0 Å². The molecular weight excluding hydrogens is 375 g/mol. The van der Waals surface area contributed by atoms with Crippen LogP contribution in [0.3, 0.4) is 0 Å². The van der Waals surface area contributed by atoms with Crippen LogP contribution in [0.4, 0.5) is 9.18 Å². The number of hydrogen-bond donors (Lipinski definition) is 2. The average molecular weight is 400 g/mol. The molecule has 1 fully saturated rings. The van der Waals surface area contributed by atoms with E-state index in [0.717, 1.165) is 10.5 Å². The number of nitrogens with zero attached hydrogens (tertiary/aromatic N) is 1. The van der Waals surface area contributed by atoms with Crippen LogP contribution in [-0.4, -0.2) is 41.2 Å². The van der Waals surface area contributed by atoms with Gasteiger partial charge in [0.2, 0.25) is 0 Å². The first-order chi connectivity index (χ1) is 13.7. The smallest absolute Gasteiger partial charge is 0.325 e. The summed E-state index contributed by atoms with van der Waals surface area (Å²) < 4.78 is 18.9. The molecule has 29 heavy (non-hydrogen) atoms. The van der Waals surface area contributed by atoms with Gasteiger partial charge < -0.3 is 15.2 Å². The number of hydrogen-bond acceptors (Lipinski definition) is 4. The third-order valence-corrected chi connectivity index (χ3v) is 5.09. The van der Waals surface area contributed by atoms with Crippen LogP contribution in [0.15, 0.2) is 48.5 Å². The second-order valence-electron chi connectivity index (χ2n) is 7.64. The van der Waals surface area contributed by atoms with E-state index in [-0.39, 0.29) is 18.9 Å². The molecule has 2 aromatic rings. The number of ether oxygens (including phenoxy) is 1. The van der Waals surface area contributed by atoms with Crippen molar-refractivity contribution in [3.63, 3.8) is 0 Å². The van der Waals surface area contributed by atoms with Crippen LogP contribution in [-0.2, 0) is 10.3 Å². The third kappa shape index (κ3) is 4.24. The highest BCUT2D eigenvalue weighted by Crippen LogP contribution is 2.30. The van der Waals surface area contributed by atoms with Crippen LogP contribution in [0.25, 0.3) is 0 Å². The normalized spacial score (nSPS) is 20.1. The fourth-order valence-electron chi connectivity index (χ4n) is 3.27. The molecule has 0 radical (unpaired) electrons. The van der Waals surface area contributed by atoms with Crippen molar-refractivity contribution >= 4 is 11.9 Å². The van der Waals surface area contributed by atoms with Gasteiger partial charge in [0.05, 0.1) is 6.54 Å². The molecule has 0 bridgehead atoms. The van der Waals surface area contributed by atoms with Crippen molar-refractivity contribution in [1.29, 1.82) is 0 Å². The lowest BCUT2D eigenvalue weighted by Gasteiger charge is -2.23. The maximum atomic E-state index is 13.6. The molecule has 1 aliphatic rings. The van der Waals surface area contributed by atoms with Crippen LogP contribution >= 0.6 is 0 Å². The van der Waals surface area contributed by atoms with E-state index in [4.69, 9.17) is 4.74 Å². The summed E-state index contributed by atoms with van der Waals surface area (Å²) in [6, 6.07) is 12.8. The first kappa shape index (κ1) is 20.8. The van der Waals surface area contributed by atoms with Crippen molar-refractivity contribution in [1.82, 2.24) is 10.2 Å². The molecular formula is C22H25FN2O4. The van der Waals surface area contributed by atoms with E-state index >= 15 is 0 Å². The molecule has 2 N–H and O–H groups in total. The number of amides is 3. The van der Waals surface area contributed by atoms with Gasteiger partial charge in [0.25, 0.3) is 5.91 Å². The van der Waals surface area contributed by atoms with Crippen LogP contribution in [0.2, 0.25) is 0 Å². The second kappa shape index (κ2) is 8.21. The van der Waals surface area contributed by atoms with Gasteiger partial charge in [-0.15, -0.1) is 0 Å². The van der Waals surface area contributed by atoms with Crippen molar-refractivity contribution in [3.05, 3.63) is 65.5 Å². The molecule has 3 rings (SSSR count). The minimum absolute atomic E-state index is 0.00108. The minimum atomic E-state index is -1.21. The maximum absolute atomic E-state index is 13.6. The van der Waals surface area contributed by atoms with E-state index in [0.29, 0.717) is 11.5 Å². The van der Waals surface area contributed by atoms with E-state index in [1.165, 1.54) is 18.2 Å². The molecule has 3 amide bonds. The summed E-state index contributed by atoms with van der Waals surface area (Å²) in [6.07, 6.45) is -1.16. The molecule has 0 saturated carbocycles. The van der Waals surface area contributed by atoms with E-state index < -0.39 is 29.4 Å². The Labute approximate surface area is 169 Å². The number of imide groups is 1. The molecule has 6 nitrogen and oxygen atoms in total. The number of urea groups is 1. The van der Waals surface area contributed by atoms with Crippen molar-refractivity contribution < 1.29 is 23.8 Å². The Bertz CT molecular complexity index is 900. The lowest BCUT2D eigenvalue weighted by atomic mass is 9.90. The number of β-amino-alcohol motifs (C(OH)–C–C–N with tert-alkyl or cyclic N) is 1. The number of aliphatic hydroxyl groups is 1. The standard InChI is InChI=1S/C22H25FN2O4/c1-14(2)15-8-10-16(11-9-15)22(3)20(27)25(21(28)24-22)12-17(26)13-29-19-7-5-4-6-18(19)23/h4-11,14,17,26H,12-13H2,1-3H3,(H,24,28)/t17-,22+/m1/s1. The zero-order valence-corrected chi connectivity index (χ0v) is 16.7. The number of nitrogens with one attached hydrogen (secondary N) is 1. The zero-order chi connectivity index (χ0) is 21.2. The number of carbonyl (C=O) groups is 2. The Balaban J connectivity index is 1.67. The summed E-state index contributed by atoms with van der Waals surface area (Å²) in [4.78, 5) is 26.3. The third-order valence-electron chi connectivity index (χ3n) is 5.09. The number of aliphatic hydroxyl groups excluding tert-OH is 1. The predicted molar refractivity (Wildman–Crippen MR) is 106 cm³/mol. The highest BCUT2D eigenvalue weighted by atomic mass is 19.1. The van der Waals surface area contributed by atoms with Crippen LogP contribution in [0, 0.1) is 5.82 Å². The number of halogens is 1. The Morgan fingerprint density at radius 2 is 1.79 bits per heavy atom. The summed E-state index contributed by atoms with van der Waals surface area (Å²) in [5, 5.41) is 12.9. The fourth-order valence-corrected chi connectivity index (χ4v) is 3.27. The first-order valence-corrected chi connectivity index (χ1v) is 9.52. The highest BCUT2D eigenvalue weighted by Gasteiger charge is 2.49. The van der Waals surface area contributed by atoms with Crippen LogP contribution < -0.4 is 10.1 Å². The lowest BCUT2D eigenvalue weighted by Crippen LogP contribution is -2.42. The average Bonchev–Trinajstić information content (AvgIpc) is 2.91. The molecule has 7 heteroatoms. The van der Waals surface area contributed by atoms with Gasteiger partial charge in [-0.1, -0.05) is 50.2 Å². The minimum Gasteiger partial charge on any atom is -0.488 e. The molecule has 1 heterocycles. The monoisotopic (exact) mass is 400 g/mol. The van der Waals surface area contributed by atoms with E-state index in [1.54, 1.807) is 13.0 Å². The quantitative estimate of drug-likeness (QED) is 0.700. The number of rotatable bonds is 7. The van der Waals surface area contributed by atoms with Crippen molar-refractivity contribution in [2.45, 2.75) is 38.3 Å². The van der Waals surface area contributed by atoms with Crippen LogP contribution in [0.1, 0.15) is 37.8 Å². The van der Waals surface area contributed by atoms with Gasteiger partial charge in [-0.3, -0.25) is 9.69 Å². The maximum Gasteiger partial charge on any atom is 0.325 e. The van der Waals surface area contributed by atoms with Gasteiger partial charge in [0.1, 0.15) is 18.2 Å². The van der Waals surface area contributed by atoms with Gasteiger partial charge in [0, 0.05) is 0 Å². The molecule has 0 aromatic heterocycles. The highest BCUT2D eigenvalue weighted by molar-refractivity contribution is 6.07. The Morgan fingerprint density at radius 3 is 2.41 bits per heavy atom. The van der Waals surface area contributed by atoms with Gasteiger partial charge >= 0.3 is 6.03 Å². The summed E-state index contributed by atoms with van der Waals surface area (Å²) in [6.45, 7) is 5.29. The molecule has 2 aromatic carbocycles. The Hall–Kier alpha value is -2.93. The zero-order valence-electron chi connectivity index (χ0n) is 16.7. The summed E-state index contributed by atoms with van der Waals surface area (Å²) in [7, 11) is 0. The fraction of sp³-hybridized carbons (Fsp3) is 0.364. The summed E-state index contributed by atoms with van der Waals surface area (Å²) >= 11 is 0. The lowest BCUT2D eigenvalue weighted by molar-refractivity contribution is -0.132. The number of para-hydroxylation sites is 1. The molecule has 2 atom stereocenters. The topological polar surface area (TPSA) is 78.9 Å². The molecule has 0 aliphatic carbocycles. The van der Waals surface area contributed by atoms with Crippen molar-refractivity contribution in [2.75, 3.05) is 13.2 Å². The number of carbonyl (C=O) groups excluding carboxylic acids is 2. The molecule has 0 unspecified atom stereocenters. The van der Waals surface area contributed by atoms with E-state index in [9.17, 15) is 19.1 Å². The van der Waals surface area contributed by atoms with E-state index in [2.05, 4.69) is 19.2 Å². The van der Waals surface area contributed by atoms with E-state index in [1.807, 2.05) is 24.3 Å². The Kier molecular flexibility index (Phi) is 5.88. The van der Waals surface area contributed by atoms with Crippen molar-refractivity contribution in [3.8, 4) is 5.75 Å².